The van der Waals surface area contributed by atoms with E-state index in [0.29, 0.717) is 0 Å². The molecule has 1 aromatic carbocycles. The Morgan fingerprint density at radius 2 is 1.87 bits per heavy atom. The minimum Gasteiger partial charge on any atom is -0.350 e. The zero-order valence-corrected chi connectivity index (χ0v) is 17.3. The summed E-state index contributed by atoms with van der Waals surface area (Å²) in [5.41, 5.74) is 2.39. The van der Waals surface area contributed by atoms with Gasteiger partial charge < -0.3 is 15.6 Å². The number of nitrogens with one attached hydrogen (secondary N) is 3. The molecule has 3 rings (SSSR count). The van der Waals surface area contributed by atoms with Gasteiger partial charge >= 0.3 is 0 Å². The molecule has 7 nitrogen and oxygen atoms in total. The first-order chi connectivity index (χ1) is 14.3. The molecule has 30 heavy (non-hydrogen) atoms. The second kappa shape index (κ2) is 9.49. The maximum Gasteiger partial charge on any atom is 0.243 e. The van der Waals surface area contributed by atoms with E-state index in [2.05, 4.69) is 20.6 Å². The van der Waals surface area contributed by atoms with Crippen molar-refractivity contribution in [3.8, 4) is 0 Å². The lowest BCUT2D eigenvalue weighted by molar-refractivity contribution is -0.131. The molecule has 0 aliphatic rings. The minimum atomic E-state index is -0.783. The van der Waals surface area contributed by atoms with Gasteiger partial charge in [0.25, 0.3) is 0 Å². The fourth-order valence-electron chi connectivity index (χ4n) is 2.99. The third-order valence-electron chi connectivity index (χ3n) is 5.06. The minimum absolute atomic E-state index is 0.252. The number of H-pyrrole nitrogens is 1. The van der Waals surface area contributed by atoms with Gasteiger partial charge in [0, 0.05) is 30.7 Å². The van der Waals surface area contributed by atoms with Crippen LogP contribution >= 0.6 is 0 Å². The predicted molar refractivity (Wildman–Crippen MR) is 113 cm³/mol. The number of nitrogens with zero attached hydrogens (tertiary/aromatic N) is 2. The van der Waals surface area contributed by atoms with E-state index >= 15 is 0 Å². The maximum absolute atomic E-state index is 13.2. The number of hydrogen-bond donors (Lipinski definition) is 3. The van der Waals surface area contributed by atoms with Crippen molar-refractivity contribution in [3.05, 3.63) is 65.7 Å². The summed E-state index contributed by atoms with van der Waals surface area (Å²) in [4.78, 5) is 34.5. The second-order valence-corrected chi connectivity index (χ2v) is 7.51. The average molecular weight is 411 g/mol. The number of carbonyl (C=O) groups is 2. The fraction of sp³-hybridized carbons (Fsp3) is 0.318. The van der Waals surface area contributed by atoms with E-state index in [1.807, 2.05) is 12.1 Å². The number of hydrogen-bond acceptors (Lipinski definition) is 4. The zero-order chi connectivity index (χ0) is 21.7. The largest absolute Gasteiger partial charge is 0.350 e. The molecule has 0 fully saturated rings. The van der Waals surface area contributed by atoms with Crippen molar-refractivity contribution in [2.24, 2.45) is 0 Å². The lowest BCUT2D eigenvalue weighted by atomic mass is 10.0. The summed E-state index contributed by atoms with van der Waals surface area (Å²) in [6, 6.07) is 8.58. The number of amides is 2. The maximum atomic E-state index is 13.2. The van der Waals surface area contributed by atoms with Crippen LogP contribution in [0.25, 0.3) is 11.0 Å². The van der Waals surface area contributed by atoms with Crippen molar-refractivity contribution in [2.75, 3.05) is 14.1 Å². The van der Waals surface area contributed by atoms with Crippen LogP contribution < -0.4 is 10.6 Å². The van der Waals surface area contributed by atoms with E-state index in [-0.39, 0.29) is 30.6 Å². The highest BCUT2D eigenvalue weighted by molar-refractivity contribution is 5.89. The summed E-state index contributed by atoms with van der Waals surface area (Å²) in [7, 11) is 3.59. The molecule has 0 aliphatic heterocycles. The van der Waals surface area contributed by atoms with Crippen molar-refractivity contribution in [3.63, 3.8) is 0 Å². The quantitative estimate of drug-likeness (QED) is 0.529. The second-order valence-electron chi connectivity index (χ2n) is 7.51. The van der Waals surface area contributed by atoms with Crippen LogP contribution in [0, 0.1) is 5.82 Å². The molecular formula is C22H26FN5O2. The highest BCUT2D eigenvalue weighted by atomic mass is 19.1. The Morgan fingerprint density at radius 3 is 2.57 bits per heavy atom. The van der Waals surface area contributed by atoms with E-state index in [4.69, 9.17) is 0 Å². The molecule has 3 N–H and O–H groups in total. The number of aromatic nitrogens is 2. The molecule has 158 valence electrons. The number of aromatic amines is 1. The van der Waals surface area contributed by atoms with E-state index in [1.54, 1.807) is 50.4 Å². The van der Waals surface area contributed by atoms with Crippen molar-refractivity contribution >= 4 is 22.8 Å². The smallest absolute Gasteiger partial charge is 0.243 e. The van der Waals surface area contributed by atoms with Gasteiger partial charge in [0.2, 0.25) is 11.8 Å². The number of likely N-dealkylation sites (N-methyl/N-ethyl adjacent to an activating group) is 1. The molecule has 2 atom stereocenters. The first kappa shape index (κ1) is 21.4. The highest BCUT2D eigenvalue weighted by Crippen LogP contribution is 2.12. The first-order valence-electron chi connectivity index (χ1n) is 9.74. The van der Waals surface area contributed by atoms with Gasteiger partial charge in [0.15, 0.2) is 0 Å². The number of fused-ring (bicyclic) bond motifs is 1. The molecule has 0 saturated heterocycles. The molecule has 8 heteroatoms. The summed E-state index contributed by atoms with van der Waals surface area (Å²) in [6.45, 7) is 2.05. The van der Waals surface area contributed by atoms with Crippen LogP contribution in [-0.2, 0) is 22.6 Å². The van der Waals surface area contributed by atoms with E-state index < -0.39 is 12.1 Å². The molecule has 0 aliphatic carbocycles. The first-order valence-corrected chi connectivity index (χ1v) is 9.74. The van der Waals surface area contributed by atoms with Crippen LogP contribution in [0.4, 0.5) is 4.39 Å². The van der Waals surface area contributed by atoms with Crippen molar-refractivity contribution in [1.82, 2.24) is 25.5 Å². The number of pyridine rings is 1. The number of halogens is 1. The molecule has 0 saturated carbocycles. The van der Waals surface area contributed by atoms with Gasteiger partial charge in [-0.15, -0.1) is 0 Å². The SMILES string of the molecule is CC(C(=O)N[C@@H](Cc1ccc(F)cc1)C(=O)NCc1cnc2[nH]ccc2c1)N(C)C. The Bertz CT molecular complexity index is 1020. The van der Waals surface area contributed by atoms with Crippen molar-refractivity contribution < 1.29 is 14.0 Å². The van der Waals surface area contributed by atoms with Gasteiger partial charge in [0.05, 0.1) is 6.04 Å². The fourth-order valence-corrected chi connectivity index (χ4v) is 2.99. The number of carbonyl (C=O) groups excluding carboxylic acids is 2. The Labute approximate surface area is 174 Å². The van der Waals surface area contributed by atoms with E-state index in [1.165, 1.54) is 12.1 Å². The van der Waals surface area contributed by atoms with Crippen LogP contribution in [0.1, 0.15) is 18.1 Å². The van der Waals surface area contributed by atoms with Crippen molar-refractivity contribution in [1.29, 1.82) is 0 Å². The molecule has 0 spiro atoms. The normalized spacial score (nSPS) is 13.2. The predicted octanol–water partition coefficient (Wildman–Crippen LogP) is 2.00. The van der Waals surface area contributed by atoms with Crippen LogP contribution in [0.2, 0.25) is 0 Å². The summed E-state index contributed by atoms with van der Waals surface area (Å²) < 4.78 is 13.2. The summed E-state index contributed by atoms with van der Waals surface area (Å²) >= 11 is 0. The Morgan fingerprint density at radius 1 is 1.13 bits per heavy atom. The van der Waals surface area contributed by atoms with Gasteiger partial charge in [-0.2, -0.15) is 0 Å². The van der Waals surface area contributed by atoms with Gasteiger partial charge in [-0.05, 0) is 56.4 Å². The van der Waals surface area contributed by atoms with Crippen LogP contribution in [0.15, 0.2) is 48.8 Å². The molecule has 2 amide bonds. The van der Waals surface area contributed by atoms with Gasteiger partial charge in [0.1, 0.15) is 17.5 Å². The zero-order valence-electron chi connectivity index (χ0n) is 17.3. The molecule has 2 heterocycles. The highest BCUT2D eigenvalue weighted by Gasteiger charge is 2.24. The van der Waals surface area contributed by atoms with Crippen LogP contribution in [0.5, 0.6) is 0 Å². The molecule has 2 aromatic heterocycles. The van der Waals surface area contributed by atoms with Crippen LogP contribution in [-0.4, -0.2) is 52.9 Å². The lowest BCUT2D eigenvalue weighted by Gasteiger charge is -2.24. The van der Waals surface area contributed by atoms with E-state index in [9.17, 15) is 14.0 Å². The van der Waals surface area contributed by atoms with Crippen LogP contribution in [0.3, 0.4) is 0 Å². The summed E-state index contributed by atoms with van der Waals surface area (Å²) in [5.74, 6) is -0.914. The topological polar surface area (TPSA) is 90.1 Å². The Balaban J connectivity index is 1.70. The monoisotopic (exact) mass is 411 g/mol. The third-order valence-corrected chi connectivity index (χ3v) is 5.06. The molecule has 0 bridgehead atoms. The van der Waals surface area contributed by atoms with Crippen molar-refractivity contribution in [2.45, 2.75) is 32.0 Å². The standard InChI is InChI=1S/C22H26FN5O2/c1-14(28(2)3)21(29)27-19(11-15-4-6-18(23)7-5-15)22(30)26-13-16-10-17-8-9-24-20(17)25-12-16/h4-10,12,14,19H,11,13H2,1-3H3,(H,24,25)(H,26,30)(H,27,29)/t14?,19-/m0/s1. The molecule has 1 unspecified atom stereocenters. The van der Waals surface area contributed by atoms with Gasteiger partial charge in [-0.3, -0.25) is 14.5 Å². The average Bonchev–Trinajstić information content (AvgIpc) is 3.20. The number of rotatable bonds is 8. The summed E-state index contributed by atoms with van der Waals surface area (Å²) in [6.07, 6.45) is 3.76. The Hall–Kier alpha value is -3.26. The van der Waals surface area contributed by atoms with Gasteiger partial charge in [-0.25, -0.2) is 9.37 Å². The third kappa shape index (κ3) is 5.42. The van der Waals surface area contributed by atoms with E-state index in [0.717, 1.165) is 22.2 Å². The molecule has 0 radical (unpaired) electrons. The van der Waals surface area contributed by atoms with Gasteiger partial charge in [-0.1, -0.05) is 12.1 Å². The Kier molecular flexibility index (Phi) is 6.79. The summed E-state index contributed by atoms with van der Waals surface area (Å²) in [5, 5.41) is 6.64. The lowest BCUT2D eigenvalue weighted by Crippen LogP contribution is -2.52. The number of benzene rings is 1. The molecular weight excluding hydrogens is 385 g/mol. The molecule has 3 aromatic rings.